The molecule has 2 aliphatic carbocycles. The number of likely N-dealkylation sites (tertiary alicyclic amines) is 1. The summed E-state index contributed by atoms with van der Waals surface area (Å²) < 4.78 is 5.40. The molecule has 2 saturated heterocycles. The minimum Gasteiger partial charge on any atom is -0.378 e. The van der Waals surface area contributed by atoms with E-state index in [9.17, 15) is 14.9 Å². The van der Waals surface area contributed by atoms with E-state index in [0.29, 0.717) is 56.6 Å². The van der Waals surface area contributed by atoms with Crippen molar-refractivity contribution in [1.29, 1.82) is 5.26 Å². The Balaban J connectivity index is 1.39. The van der Waals surface area contributed by atoms with E-state index in [1.807, 2.05) is 4.90 Å². The summed E-state index contributed by atoms with van der Waals surface area (Å²) >= 11 is 0. The van der Waals surface area contributed by atoms with Crippen molar-refractivity contribution in [2.75, 3.05) is 39.4 Å². The summed E-state index contributed by atoms with van der Waals surface area (Å²) in [6, 6.07) is 2.99. The second kappa shape index (κ2) is 11.6. The Labute approximate surface area is 211 Å². The van der Waals surface area contributed by atoms with Gasteiger partial charge in [-0.2, -0.15) is 5.26 Å². The molecule has 35 heavy (non-hydrogen) atoms. The van der Waals surface area contributed by atoms with E-state index >= 15 is 0 Å². The monoisotopic (exact) mass is 486 g/mol. The minimum absolute atomic E-state index is 0.0492. The number of carbonyl (C=O) groups is 2. The molecule has 4 aliphatic rings. The van der Waals surface area contributed by atoms with Gasteiger partial charge in [-0.1, -0.05) is 46.0 Å². The maximum absolute atomic E-state index is 13.6. The molecule has 196 valence electrons. The smallest absolute Gasteiger partial charge is 0.224 e. The Morgan fingerprint density at radius 2 is 1.71 bits per heavy atom. The predicted molar refractivity (Wildman–Crippen MR) is 135 cm³/mol. The van der Waals surface area contributed by atoms with Crippen LogP contribution in [0.15, 0.2) is 0 Å². The van der Waals surface area contributed by atoms with Crippen molar-refractivity contribution in [3.05, 3.63) is 0 Å². The Kier molecular flexibility index (Phi) is 8.76. The molecule has 2 unspecified atom stereocenters. The van der Waals surface area contributed by atoms with Crippen molar-refractivity contribution < 1.29 is 14.3 Å². The van der Waals surface area contributed by atoms with Crippen molar-refractivity contribution in [3.8, 4) is 6.07 Å². The topological polar surface area (TPSA) is 85.7 Å². The van der Waals surface area contributed by atoms with Crippen molar-refractivity contribution in [2.45, 2.75) is 102 Å². The molecule has 0 radical (unpaired) electrons. The average molecular weight is 487 g/mol. The van der Waals surface area contributed by atoms with Crippen LogP contribution < -0.4 is 5.32 Å². The van der Waals surface area contributed by atoms with Crippen LogP contribution in [0.2, 0.25) is 0 Å². The third-order valence-corrected chi connectivity index (χ3v) is 9.20. The van der Waals surface area contributed by atoms with Gasteiger partial charge < -0.3 is 15.0 Å². The van der Waals surface area contributed by atoms with E-state index in [0.717, 1.165) is 25.8 Å². The Morgan fingerprint density at radius 1 is 1.03 bits per heavy atom. The normalized spacial score (nSPS) is 29.5. The summed E-state index contributed by atoms with van der Waals surface area (Å²) in [5.74, 6) is 0.0994. The van der Waals surface area contributed by atoms with E-state index in [-0.39, 0.29) is 24.2 Å². The number of carbonyl (C=O) groups excluding carboxylic acids is 2. The third-order valence-electron chi connectivity index (χ3n) is 9.20. The lowest BCUT2D eigenvalue weighted by Crippen LogP contribution is -2.53. The molecule has 0 spiro atoms. The van der Waals surface area contributed by atoms with Crippen LogP contribution in [0.4, 0.5) is 0 Å². The fourth-order valence-corrected chi connectivity index (χ4v) is 6.72. The van der Waals surface area contributed by atoms with E-state index in [4.69, 9.17) is 4.74 Å². The lowest BCUT2D eigenvalue weighted by molar-refractivity contribution is -0.140. The first kappa shape index (κ1) is 26.4. The van der Waals surface area contributed by atoms with E-state index in [1.165, 1.54) is 44.9 Å². The summed E-state index contributed by atoms with van der Waals surface area (Å²) in [5.41, 5.74) is -0.424. The van der Waals surface area contributed by atoms with Crippen LogP contribution in [0, 0.1) is 28.6 Å². The van der Waals surface area contributed by atoms with Crippen LogP contribution in [-0.4, -0.2) is 72.6 Å². The van der Waals surface area contributed by atoms with Crippen molar-refractivity contribution in [3.63, 3.8) is 0 Å². The molecule has 2 atom stereocenters. The van der Waals surface area contributed by atoms with Crippen LogP contribution in [0.5, 0.6) is 0 Å². The molecule has 2 heterocycles. The van der Waals surface area contributed by atoms with Crippen molar-refractivity contribution in [2.24, 2.45) is 17.3 Å². The van der Waals surface area contributed by atoms with Gasteiger partial charge in [0.25, 0.3) is 0 Å². The molecule has 2 amide bonds. The molecular formula is C28H46N4O3. The van der Waals surface area contributed by atoms with Crippen LogP contribution in [0.3, 0.4) is 0 Å². The Morgan fingerprint density at radius 3 is 2.37 bits per heavy atom. The average Bonchev–Trinajstić information content (AvgIpc) is 3.29. The van der Waals surface area contributed by atoms with E-state index in [1.54, 1.807) is 0 Å². The standard InChI is InChI=1S/C28H46N4O3/c1-27(2)10-8-24(9-11-27)32-13-12-28(20-29,21-32)30-26(34)23(18-22-6-4-3-5-7-22)19-25(33)31-14-16-35-17-15-31/h22-24H,3-19,21H2,1-2H3,(H,30,34). The zero-order valence-corrected chi connectivity index (χ0v) is 22.0. The molecule has 1 N–H and O–H groups in total. The number of morpholine rings is 1. The molecule has 7 heteroatoms. The first-order chi connectivity index (χ1) is 16.8. The van der Waals surface area contributed by atoms with Gasteiger partial charge in [0.2, 0.25) is 11.8 Å². The predicted octanol–water partition coefficient (Wildman–Crippen LogP) is 3.87. The van der Waals surface area contributed by atoms with Gasteiger partial charge in [-0.3, -0.25) is 14.5 Å². The summed E-state index contributed by atoms with van der Waals surface area (Å²) in [6.45, 7) is 8.49. The van der Waals surface area contributed by atoms with E-state index < -0.39 is 5.54 Å². The van der Waals surface area contributed by atoms with Gasteiger partial charge in [0.1, 0.15) is 5.54 Å². The molecule has 2 aliphatic heterocycles. The lowest BCUT2D eigenvalue weighted by Gasteiger charge is -2.39. The van der Waals surface area contributed by atoms with Crippen molar-refractivity contribution >= 4 is 11.8 Å². The molecule has 0 aromatic rings. The zero-order chi connectivity index (χ0) is 24.9. The van der Waals surface area contributed by atoms with Gasteiger partial charge in [0, 0.05) is 44.6 Å². The number of nitrogens with one attached hydrogen (secondary N) is 1. The van der Waals surface area contributed by atoms with Crippen LogP contribution in [0.25, 0.3) is 0 Å². The maximum atomic E-state index is 13.6. The summed E-state index contributed by atoms with van der Waals surface area (Å²) in [6.07, 6.45) is 12.4. The first-order valence-corrected chi connectivity index (χ1v) is 14.1. The molecule has 0 bridgehead atoms. The van der Waals surface area contributed by atoms with E-state index in [2.05, 4.69) is 30.1 Å². The van der Waals surface area contributed by atoms with Gasteiger partial charge in [0.05, 0.1) is 19.3 Å². The first-order valence-electron chi connectivity index (χ1n) is 14.1. The van der Waals surface area contributed by atoms with Gasteiger partial charge in [-0.05, 0) is 49.9 Å². The molecule has 4 rings (SSSR count). The highest BCUT2D eigenvalue weighted by atomic mass is 16.5. The Bertz CT molecular complexity index is 772. The second-order valence-corrected chi connectivity index (χ2v) is 12.4. The number of rotatable bonds is 7. The summed E-state index contributed by atoms with van der Waals surface area (Å²) in [4.78, 5) is 31.0. The number of hydrogen-bond donors (Lipinski definition) is 1. The largest absolute Gasteiger partial charge is 0.378 e. The molecular weight excluding hydrogens is 440 g/mol. The number of hydrogen-bond acceptors (Lipinski definition) is 5. The molecule has 7 nitrogen and oxygen atoms in total. The number of ether oxygens (including phenoxy) is 1. The van der Waals surface area contributed by atoms with Gasteiger partial charge in [0.15, 0.2) is 0 Å². The molecule has 2 saturated carbocycles. The molecule has 0 aromatic heterocycles. The van der Waals surface area contributed by atoms with Gasteiger partial charge in [-0.15, -0.1) is 0 Å². The molecule has 0 aromatic carbocycles. The van der Waals surface area contributed by atoms with Gasteiger partial charge in [-0.25, -0.2) is 0 Å². The third kappa shape index (κ3) is 6.98. The summed E-state index contributed by atoms with van der Waals surface area (Å²) in [7, 11) is 0. The van der Waals surface area contributed by atoms with Crippen LogP contribution in [-0.2, 0) is 14.3 Å². The maximum Gasteiger partial charge on any atom is 0.224 e. The highest BCUT2D eigenvalue weighted by Gasteiger charge is 2.44. The minimum atomic E-state index is -0.836. The second-order valence-electron chi connectivity index (χ2n) is 12.4. The fraction of sp³-hybridized carbons (Fsp3) is 0.893. The fourth-order valence-electron chi connectivity index (χ4n) is 6.72. The SMILES string of the molecule is CC1(C)CCC(N2CCC(C#N)(NC(=O)C(CC(=O)N3CCOCC3)CC3CCCCC3)C2)CC1. The zero-order valence-electron chi connectivity index (χ0n) is 22.0. The Hall–Kier alpha value is -1.65. The lowest BCUT2D eigenvalue weighted by atomic mass is 9.75. The number of nitriles is 1. The molecule has 4 fully saturated rings. The van der Waals surface area contributed by atoms with Crippen molar-refractivity contribution in [1.82, 2.24) is 15.1 Å². The van der Waals surface area contributed by atoms with Crippen LogP contribution >= 0.6 is 0 Å². The highest BCUT2D eigenvalue weighted by molar-refractivity contribution is 5.86. The summed E-state index contributed by atoms with van der Waals surface area (Å²) in [5, 5.41) is 13.4. The quantitative estimate of drug-likeness (QED) is 0.590. The highest BCUT2D eigenvalue weighted by Crippen LogP contribution is 2.39. The van der Waals surface area contributed by atoms with Gasteiger partial charge >= 0.3 is 0 Å². The van der Waals surface area contributed by atoms with Crippen LogP contribution in [0.1, 0.15) is 90.9 Å². The number of nitrogens with zero attached hydrogens (tertiary/aromatic N) is 3. The number of amides is 2.